The zero-order valence-corrected chi connectivity index (χ0v) is 15.8. The van der Waals surface area contributed by atoms with Crippen LogP contribution in [-0.2, 0) is 0 Å². The van der Waals surface area contributed by atoms with Crippen molar-refractivity contribution in [3.8, 4) is 0 Å². The second-order valence-electron chi connectivity index (χ2n) is 6.67. The van der Waals surface area contributed by atoms with Gasteiger partial charge in [-0.25, -0.2) is 4.39 Å². The average Bonchev–Trinajstić information content (AvgIpc) is 3.15. The van der Waals surface area contributed by atoms with Gasteiger partial charge in [0.05, 0.1) is 10.6 Å². The molecule has 0 spiro atoms. The number of H-pyrrole nitrogens is 1. The Hall–Kier alpha value is -2.62. The number of nitrogens with one attached hydrogen (secondary N) is 2. The zero-order chi connectivity index (χ0) is 21.2. The zero-order valence-electron chi connectivity index (χ0n) is 15.0. The molecule has 0 saturated carbocycles. The molecule has 2 heterocycles. The predicted molar refractivity (Wildman–Crippen MR) is 96.3 cm³/mol. The molecular formula is C18H17ClF4N4O2. The van der Waals surface area contributed by atoms with E-state index in [4.69, 9.17) is 11.6 Å². The summed E-state index contributed by atoms with van der Waals surface area (Å²) >= 11 is 5.95. The van der Waals surface area contributed by atoms with Gasteiger partial charge in [0.1, 0.15) is 18.1 Å². The molecule has 1 saturated heterocycles. The van der Waals surface area contributed by atoms with Crippen LogP contribution in [-0.4, -0.2) is 52.7 Å². The number of nitrogens with zero attached hydrogens (tertiary/aromatic N) is 2. The third-order valence-corrected chi connectivity index (χ3v) is 4.99. The molecule has 1 aromatic carbocycles. The van der Waals surface area contributed by atoms with Gasteiger partial charge in [-0.2, -0.15) is 18.3 Å². The van der Waals surface area contributed by atoms with Crippen LogP contribution in [0.2, 0.25) is 5.02 Å². The number of hydrogen-bond acceptors (Lipinski definition) is 3. The fourth-order valence-corrected chi connectivity index (χ4v) is 3.43. The minimum Gasteiger partial charge on any atom is -0.342 e. The summed E-state index contributed by atoms with van der Waals surface area (Å²) < 4.78 is 50.5. The number of aromatic nitrogens is 2. The maximum atomic E-state index is 14.0. The highest BCUT2D eigenvalue weighted by atomic mass is 35.5. The number of halogens is 5. The van der Waals surface area contributed by atoms with Crippen LogP contribution < -0.4 is 5.32 Å². The molecule has 2 amide bonds. The summed E-state index contributed by atoms with van der Waals surface area (Å²) in [5, 5.41) is 8.24. The minimum absolute atomic E-state index is 0.0419. The van der Waals surface area contributed by atoms with Crippen LogP contribution in [0.4, 0.5) is 17.6 Å². The normalized spacial score (nSPS) is 15.4. The van der Waals surface area contributed by atoms with Gasteiger partial charge < -0.3 is 10.2 Å². The summed E-state index contributed by atoms with van der Waals surface area (Å²) in [6.45, 7) is -0.765. The van der Waals surface area contributed by atoms with Crippen LogP contribution in [0.1, 0.15) is 45.3 Å². The van der Waals surface area contributed by atoms with E-state index >= 15 is 0 Å². The Kier molecular flexibility index (Phi) is 6.11. The molecule has 6 nitrogen and oxygen atoms in total. The number of hydrogen-bond donors (Lipinski definition) is 2. The summed E-state index contributed by atoms with van der Waals surface area (Å²) in [6.07, 6.45) is -3.47. The van der Waals surface area contributed by atoms with E-state index in [2.05, 4.69) is 10.2 Å². The van der Waals surface area contributed by atoms with Gasteiger partial charge in [0.15, 0.2) is 0 Å². The quantitative estimate of drug-likeness (QED) is 0.726. The second kappa shape index (κ2) is 8.40. The summed E-state index contributed by atoms with van der Waals surface area (Å²) in [5.74, 6) is -2.17. The lowest BCUT2D eigenvalue weighted by atomic mass is 9.93. The van der Waals surface area contributed by atoms with Gasteiger partial charge in [0.25, 0.3) is 11.8 Å². The number of carbonyl (C=O) groups excluding carboxylic acids is 2. The van der Waals surface area contributed by atoms with Crippen molar-refractivity contribution < 1.29 is 27.2 Å². The van der Waals surface area contributed by atoms with Crippen LogP contribution in [0, 0.1) is 5.82 Å². The SMILES string of the molecule is O=C(NCC(F)(F)F)c1cc(C2CCN(C(=O)c3c(F)cccc3Cl)CC2)[nH]n1. The number of benzene rings is 1. The number of piperidine rings is 1. The van der Waals surface area contributed by atoms with Crippen molar-refractivity contribution in [2.75, 3.05) is 19.6 Å². The van der Waals surface area contributed by atoms with Crippen LogP contribution >= 0.6 is 11.6 Å². The number of likely N-dealkylation sites (tertiary alicyclic amines) is 1. The summed E-state index contributed by atoms with van der Waals surface area (Å²) in [4.78, 5) is 25.8. The fourth-order valence-electron chi connectivity index (χ4n) is 3.19. The Morgan fingerprint density at radius 2 is 1.97 bits per heavy atom. The van der Waals surface area contributed by atoms with Crippen molar-refractivity contribution in [2.45, 2.75) is 24.9 Å². The maximum absolute atomic E-state index is 14.0. The molecule has 1 aliphatic heterocycles. The predicted octanol–water partition coefficient (Wildman–Crippen LogP) is 3.51. The molecule has 0 atom stereocenters. The van der Waals surface area contributed by atoms with Gasteiger partial charge in [-0.15, -0.1) is 0 Å². The molecule has 0 bridgehead atoms. The Morgan fingerprint density at radius 1 is 1.28 bits per heavy atom. The summed E-state index contributed by atoms with van der Waals surface area (Å²) in [6, 6.07) is 5.44. The van der Waals surface area contributed by atoms with Crippen molar-refractivity contribution in [3.05, 3.63) is 52.1 Å². The molecule has 0 radical (unpaired) electrons. The third-order valence-electron chi connectivity index (χ3n) is 4.68. The van der Waals surface area contributed by atoms with Gasteiger partial charge >= 0.3 is 6.18 Å². The van der Waals surface area contributed by atoms with Crippen LogP contribution in [0.3, 0.4) is 0 Å². The minimum atomic E-state index is -4.50. The van der Waals surface area contributed by atoms with Crippen LogP contribution in [0.5, 0.6) is 0 Å². The Balaban J connectivity index is 1.59. The molecule has 1 aliphatic rings. The van der Waals surface area contributed by atoms with E-state index in [-0.39, 0.29) is 22.2 Å². The molecular weight excluding hydrogens is 416 g/mol. The summed E-state index contributed by atoms with van der Waals surface area (Å²) in [7, 11) is 0. The standard InChI is InChI=1S/C18H17ClF4N4O2/c19-11-2-1-3-12(20)15(11)17(29)27-6-4-10(5-7-27)13-8-14(26-25-13)16(28)24-9-18(21,22)23/h1-3,8,10H,4-7,9H2,(H,24,28)(H,25,26). The van der Waals surface area contributed by atoms with Crippen LogP contribution in [0.25, 0.3) is 0 Å². The van der Waals surface area contributed by atoms with Gasteiger partial charge in [-0.1, -0.05) is 17.7 Å². The molecule has 2 N–H and O–H groups in total. The second-order valence-corrected chi connectivity index (χ2v) is 7.08. The van der Waals surface area contributed by atoms with E-state index in [0.717, 1.165) is 0 Å². The highest BCUT2D eigenvalue weighted by Crippen LogP contribution is 2.29. The number of rotatable bonds is 4. The molecule has 156 valence electrons. The van der Waals surface area contributed by atoms with E-state index in [1.165, 1.54) is 29.2 Å². The fraction of sp³-hybridized carbons (Fsp3) is 0.389. The molecule has 29 heavy (non-hydrogen) atoms. The Labute approximate surface area is 168 Å². The van der Waals surface area contributed by atoms with E-state index < -0.39 is 30.4 Å². The average molecular weight is 433 g/mol. The van der Waals surface area contributed by atoms with Gasteiger partial charge in [0, 0.05) is 24.7 Å². The van der Waals surface area contributed by atoms with Crippen molar-refractivity contribution in [1.29, 1.82) is 0 Å². The molecule has 2 aromatic rings. The Morgan fingerprint density at radius 3 is 2.59 bits per heavy atom. The first-order chi connectivity index (χ1) is 13.7. The monoisotopic (exact) mass is 432 g/mol. The Bertz CT molecular complexity index is 887. The lowest BCUT2D eigenvalue weighted by Gasteiger charge is -2.31. The van der Waals surface area contributed by atoms with Crippen molar-refractivity contribution in [3.63, 3.8) is 0 Å². The molecule has 1 fully saturated rings. The largest absolute Gasteiger partial charge is 0.405 e. The molecule has 3 rings (SSSR count). The number of carbonyl (C=O) groups is 2. The summed E-state index contributed by atoms with van der Waals surface area (Å²) in [5.41, 5.74) is 0.289. The van der Waals surface area contributed by atoms with Gasteiger partial charge in [0.2, 0.25) is 0 Å². The first-order valence-electron chi connectivity index (χ1n) is 8.79. The maximum Gasteiger partial charge on any atom is 0.405 e. The van der Waals surface area contributed by atoms with Gasteiger partial charge in [-0.05, 0) is 31.0 Å². The van der Waals surface area contributed by atoms with Gasteiger partial charge in [-0.3, -0.25) is 14.7 Å². The van der Waals surface area contributed by atoms with E-state index in [1.807, 2.05) is 0 Å². The third kappa shape index (κ3) is 5.06. The number of alkyl halides is 3. The molecule has 0 unspecified atom stereocenters. The highest BCUT2D eigenvalue weighted by molar-refractivity contribution is 6.33. The van der Waals surface area contributed by atoms with Crippen molar-refractivity contribution in [1.82, 2.24) is 20.4 Å². The molecule has 1 aromatic heterocycles. The van der Waals surface area contributed by atoms with Crippen molar-refractivity contribution in [2.24, 2.45) is 0 Å². The topological polar surface area (TPSA) is 78.1 Å². The first-order valence-corrected chi connectivity index (χ1v) is 9.17. The number of amides is 2. The molecule has 11 heteroatoms. The lowest BCUT2D eigenvalue weighted by Crippen LogP contribution is -2.38. The highest BCUT2D eigenvalue weighted by Gasteiger charge is 2.30. The van der Waals surface area contributed by atoms with E-state index in [0.29, 0.717) is 31.6 Å². The van der Waals surface area contributed by atoms with E-state index in [9.17, 15) is 27.2 Å². The number of aromatic amines is 1. The van der Waals surface area contributed by atoms with E-state index in [1.54, 1.807) is 5.32 Å². The lowest BCUT2D eigenvalue weighted by molar-refractivity contribution is -0.123. The first kappa shape index (κ1) is 21.1. The molecule has 0 aliphatic carbocycles. The van der Waals surface area contributed by atoms with Crippen LogP contribution in [0.15, 0.2) is 24.3 Å². The van der Waals surface area contributed by atoms with Crippen molar-refractivity contribution >= 4 is 23.4 Å². The smallest absolute Gasteiger partial charge is 0.342 e.